The van der Waals surface area contributed by atoms with Crippen LogP contribution in [-0.2, 0) is 20.4 Å². The molecule has 2 aliphatic heterocycles. The van der Waals surface area contributed by atoms with Crippen molar-refractivity contribution < 1.29 is 18.3 Å². The zero-order chi connectivity index (χ0) is 25.2. The standard InChI is InChI=1S/C24H33ClN4O5S/c1-24(2,31)18-5-7-20(8-6-18)35(32,33)28-11-9-19(10-12-28)29-23(30)22(25)21(15-27-29)26-14-17-4-3-13-34-16-17/h5-8,15,17,19,26,31H,3-4,9-14,16H2,1-2H3/t17-/m0/s1. The van der Waals surface area contributed by atoms with Crippen molar-refractivity contribution in [3.63, 3.8) is 0 Å². The number of sulfonamides is 1. The summed E-state index contributed by atoms with van der Waals surface area (Å²) in [6.45, 7) is 6.00. The number of benzene rings is 1. The average Bonchev–Trinajstić information content (AvgIpc) is 2.85. The SMILES string of the molecule is CC(C)(O)c1ccc(S(=O)(=O)N2CCC(n3ncc(NC[C@@H]4CCCOC4)c(Cl)c3=O)CC2)cc1. The summed E-state index contributed by atoms with van der Waals surface area (Å²) in [5.74, 6) is 0.375. The molecule has 9 nitrogen and oxygen atoms in total. The largest absolute Gasteiger partial charge is 0.386 e. The molecule has 3 heterocycles. The number of nitrogens with zero attached hydrogens (tertiary/aromatic N) is 3. The van der Waals surface area contributed by atoms with Crippen LogP contribution in [0.3, 0.4) is 0 Å². The van der Waals surface area contributed by atoms with Crippen molar-refractivity contribution in [1.29, 1.82) is 0 Å². The maximum atomic E-state index is 13.1. The van der Waals surface area contributed by atoms with E-state index in [9.17, 15) is 18.3 Å². The smallest absolute Gasteiger partial charge is 0.287 e. The molecule has 2 aliphatic rings. The van der Waals surface area contributed by atoms with Crippen molar-refractivity contribution >= 4 is 27.3 Å². The topological polar surface area (TPSA) is 114 Å². The number of aliphatic hydroxyl groups is 1. The first kappa shape index (κ1) is 26.1. The first-order chi connectivity index (χ1) is 16.6. The summed E-state index contributed by atoms with van der Waals surface area (Å²) in [5.41, 5.74) is -0.270. The predicted octanol–water partition coefficient (Wildman–Crippen LogP) is 2.99. The van der Waals surface area contributed by atoms with Crippen molar-refractivity contribution in [2.75, 3.05) is 38.2 Å². The molecule has 0 aliphatic carbocycles. The van der Waals surface area contributed by atoms with Gasteiger partial charge in [-0.15, -0.1) is 0 Å². The van der Waals surface area contributed by atoms with Crippen LogP contribution in [0, 0.1) is 5.92 Å². The van der Waals surface area contributed by atoms with Crippen LogP contribution < -0.4 is 10.9 Å². The van der Waals surface area contributed by atoms with E-state index in [1.54, 1.807) is 32.2 Å². The summed E-state index contributed by atoms with van der Waals surface area (Å²) in [7, 11) is -3.68. The molecule has 35 heavy (non-hydrogen) atoms. The Labute approximate surface area is 211 Å². The van der Waals surface area contributed by atoms with E-state index in [0.717, 1.165) is 19.4 Å². The molecule has 2 aromatic rings. The van der Waals surface area contributed by atoms with Crippen LogP contribution in [0.5, 0.6) is 0 Å². The molecule has 0 saturated carbocycles. The fourth-order valence-electron chi connectivity index (χ4n) is 4.56. The minimum atomic E-state index is -3.68. The highest BCUT2D eigenvalue weighted by atomic mass is 35.5. The van der Waals surface area contributed by atoms with Crippen molar-refractivity contribution in [1.82, 2.24) is 14.1 Å². The first-order valence-electron chi connectivity index (χ1n) is 12.0. The molecule has 0 unspecified atom stereocenters. The van der Waals surface area contributed by atoms with Gasteiger partial charge in [0.1, 0.15) is 5.02 Å². The van der Waals surface area contributed by atoms with Gasteiger partial charge in [-0.3, -0.25) is 4.79 Å². The molecule has 2 fully saturated rings. The Balaban J connectivity index is 1.39. The van der Waals surface area contributed by atoms with Gasteiger partial charge >= 0.3 is 0 Å². The second-order valence-electron chi connectivity index (χ2n) is 9.80. The molecule has 0 amide bonds. The minimum Gasteiger partial charge on any atom is -0.386 e. The highest BCUT2D eigenvalue weighted by Crippen LogP contribution is 2.28. The lowest BCUT2D eigenvalue weighted by atomic mass is 9.99. The van der Waals surface area contributed by atoms with Crippen LogP contribution >= 0.6 is 11.6 Å². The Kier molecular flexibility index (Phi) is 7.87. The van der Waals surface area contributed by atoms with Gasteiger partial charge < -0.3 is 15.2 Å². The molecule has 192 valence electrons. The van der Waals surface area contributed by atoms with Crippen LogP contribution in [0.25, 0.3) is 0 Å². The van der Waals surface area contributed by atoms with Gasteiger partial charge in [-0.1, -0.05) is 23.7 Å². The monoisotopic (exact) mass is 524 g/mol. The number of halogens is 1. The maximum Gasteiger partial charge on any atom is 0.287 e. The maximum absolute atomic E-state index is 13.1. The zero-order valence-electron chi connectivity index (χ0n) is 20.1. The summed E-state index contributed by atoms with van der Waals surface area (Å²) in [6.07, 6.45) is 4.58. The van der Waals surface area contributed by atoms with Gasteiger partial charge in [0.05, 0.1) is 35.0 Å². The number of hydrogen-bond acceptors (Lipinski definition) is 7. The van der Waals surface area contributed by atoms with E-state index in [1.807, 2.05) is 0 Å². The Bertz CT molecular complexity index is 1180. The third kappa shape index (κ3) is 5.89. The molecule has 1 aromatic heterocycles. The van der Waals surface area contributed by atoms with Crippen molar-refractivity contribution in [2.24, 2.45) is 5.92 Å². The van der Waals surface area contributed by atoms with Crippen LogP contribution in [0.4, 0.5) is 5.69 Å². The summed E-state index contributed by atoms with van der Waals surface area (Å²) in [6, 6.07) is 6.06. The molecule has 2 N–H and O–H groups in total. The predicted molar refractivity (Wildman–Crippen MR) is 134 cm³/mol. The van der Waals surface area contributed by atoms with Crippen molar-refractivity contribution in [3.05, 3.63) is 51.4 Å². The summed E-state index contributed by atoms with van der Waals surface area (Å²) >= 11 is 6.37. The molecular weight excluding hydrogens is 492 g/mol. The molecule has 11 heteroatoms. The number of anilines is 1. The molecule has 2 saturated heterocycles. The molecular formula is C24H33ClN4O5S. The number of rotatable bonds is 7. The lowest BCUT2D eigenvalue weighted by molar-refractivity contribution is 0.0595. The zero-order valence-corrected chi connectivity index (χ0v) is 21.7. The number of hydrogen-bond donors (Lipinski definition) is 2. The fraction of sp³-hybridized carbons (Fsp3) is 0.583. The second-order valence-corrected chi connectivity index (χ2v) is 12.1. The fourth-order valence-corrected chi connectivity index (χ4v) is 6.23. The average molecular weight is 525 g/mol. The van der Waals surface area contributed by atoms with Crippen LogP contribution in [0.2, 0.25) is 5.02 Å². The van der Waals surface area contributed by atoms with Crippen molar-refractivity contribution in [2.45, 2.75) is 56.1 Å². The highest BCUT2D eigenvalue weighted by molar-refractivity contribution is 7.89. The lowest BCUT2D eigenvalue weighted by Gasteiger charge is -2.31. The lowest BCUT2D eigenvalue weighted by Crippen LogP contribution is -2.41. The Morgan fingerprint density at radius 3 is 2.49 bits per heavy atom. The Hall–Kier alpha value is -1.98. The van der Waals surface area contributed by atoms with Crippen LogP contribution in [0.1, 0.15) is 51.1 Å². The van der Waals surface area contributed by atoms with E-state index in [-0.39, 0.29) is 34.6 Å². The van der Waals surface area contributed by atoms with Gasteiger partial charge in [0, 0.05) is 26.2 Å². The molecule has 1 atom stereocenters. The number of nitrogens with one attached hydrogen (secondary N) is 1. The van der Waals surface area contributed by atoms with Crippen LogP contribution in [0.15, 0.2) is 40.2 Å². The summed E-state index contributed by atoms with van der Waals surface area (Å²) < 4.78 is 34.5. The number of piperidine rings is 1. The van der Waals surface area contributed by atoms with E-state index in [1.165, 1.54) is 21.1 Å². The Morgan fingerprint density at radius 2 is 1.89 bits per heavy atom. The minimum absolute atomic E-state index is 0.0960. The highest BCUT2D eigenvalue weighted by Gasteiger charge is 2.31. The van der Waals surface area contributed by atoms with Gasteiger partial charge in [0.25, 0.3) is 5.56 Å². The molecule has 4 rings (SSSR count). The summed E-state index contributed by atoms with van der Waals surface area (Å²) in [4.78, 5) is 13.1. The van der Waals surface area contributed by atoms with E-state index < -0.39 is 15.6 Å². The number of ether oxygens (including phenoxy) is 1. The van der Waals surface area contributed by atoms with Gasteiger partial charge in [-0.05, 0) is 63.1 Å². The normalized spacial score (nSPS) is 20.6. The van der Waals surface area contributed by atoms with E-state index in [2.05, 4.69) is 10.4 Å². The van der Waals surface area contributed by atoms with E-state index in [4.69, 9.17) is 16.3 Å². The van der Waals surface area contributed by atoms with Crippen molar-refractivity contribution in [3.8, 4) is 0 Å². The summed E-state index contributed by atoms with van der Waals surface area (Å²) in [5, 5.41) is 17.8. The van der Waals surface area contributed by atoms with Gasteiger partial charge in [-0.25, -0.2) is 13.1 Å². The molecule has 0 bridgehead atoms. The first-order valence-corrected chi connectivity index (χ1v) is 13.8. The molecule has 0 spiro atoms. The molecule has 0 radical (unpaired) electrons. The van der Waals surface area contributed by atoms with E-state index in [0.29, 0.717) is 43.2 Å². The third-order valence-corrected chi connectivity index (χ3v) is 9.03. The van der Waals surface area contributed by atoms with Gasteiger partial charge in [-0.2, -0.15) is 9.40 Å². The van der Waals surface area contributed by atoms with Gasteiger partial charge in [0.2, 0.25) is 10.0 Å². The van der Waals surface area contributed by atoms with E-state index >= 15 is 0 Å². The van der Waals surface area contributed by atoms with Crippen LogP contribution in [-0.4, -0.2) is 60.5 Å². The second kappa shape index (κ2) is 10.6. The Morgan fingerprint density at radius 1 is 1.20 bits per heavy atom. The quantitative estimate of drug-likeness (QED) is 0.572. The molecule has 1 aromatic carbocycles. The third-order valence-electron chi connectivity index (χ3n) is 6.75. The number of aromatic nitrogens is 2. The van der Waals surface area contributed by atoms with Gasteiger partial charge in [0.15, 0.2) is 0 Å².